The number of anilines is 3. The number of rotatable bonds is 9. The van der Waals surface area contributed by atoms with Crippen LogP contribution >= 0.6 is 0 Å². The van der Waals surface area contributed by atoms with E-state index < -0.39 is 22.8 Å². The summed E-state index contributed by atoms with van der Waals surface area (Å²) in [5.74, 6) is -0.704. The third-order valence-electron chi connectivity index (χ3n) is 5.57. The number of carbonyl (C=O) groups excluding carboxylic acids is 3. The number of amides is 3. The van der Waals surface area contributed by atoms with Crippen LogP contribution in [-0.2, 0) is 4.79 Å². The van der Waals surface area contributed by atoms with Gasteiger partial charge in [0.05, 0.1) is 30.7 Å². The number of Topliss-reactive ketones (excluding diaryl/α,β-unsaturated/α-hetero) is 1. The zero-order chi connectivity index (χ0) is 27.1. The van der Waals surface area contributed by atoms with Gasteiger partial charge in [-0.15, -0.1) is 0 Å². The summed E-state index contributed by atoms with van der Waals surface area (Å²) in [6.07, 6.45) is 0. The molecule has 0 spiro atoms. The van der Waals surface area contributed by atoms with Gasteiger partial charge in [-0.1, -0.05) is 18.2 Å². The smallest absolute Gasteiger partial charge is 0.323 e. The second-order valence-electron chi connectivity index (χ2n) is 7.99. The average Bonchev–Trinajstić information content (AvgIpc) is 2.88. The number of ether oxygens (including phenoxy) is 2. The van der Waals surface area contributed by atoms with Crippen molar-refractivity contribution in [2.75, 3.05) is 30.2 Å². The maximum Gasteiger partial charge on any atom is 0.323 e. The molecular weight excluding hydrogens is 480 g/mol. The fourth-order valence-electron chi connectivity index (χ4n) is 3.60. The summed E-state index contributed by atoms with van der Waals surface area (Å²) >= 11 is 0. The van der Waals surface area contributed by atoms with Gasteiger partial charge in [0.15, 0.2) is 17.3 Å². The lowest BCUT2D eigenvalue weighted by Crippen LogP contribution is -2.24. The van der Waals surface area contributed by atoms with Crippen LogP contribution in [0.15, 0.2) is 60.7 Å². The monoisotopic (exact) mass is 506 g/mol. The number of nitrogens with zero attached hydrogens (tertiary/aromatic N) is 1. The Hall–Kier alpha value is -4.93. The quantitative estimate of drug-likeness (QED) is 0.205. The van der Waals surface area contributed by atoms with Gasteiger partial charge < -0.3 is 25.4 Å². The van der Waals surface area contributed by atoms with Gasteiger partial charge in [0.25, 0.3) is 5.69 Å². The molecule has 3 aromatic carbocycles. The van der Waals surface area contributed by atoms with Crippen LogP contribution in [0.4, 0.5) is 27.5 Å². The van der Waals surface area contributed by atoms with Crippen LogP contribution in [0.5, 0.6) is 11.5 Å². The normalized spacial score (nSPS) is 11.1. The third kappa shape index (κ3) is 6.40. The van der Waals surface area contributed by atoms with Gasteiger partial charge >= 0.3 is 6.03 Å². The van der Waals surface area contributed by atoms with Crippen molar-refractivity contribution in [1.82, 2.24) is 0 Å². The van der Waals surface area contributed by atoms with Crippen LogP contribution < -0.4 is 25.4 Å². The van der Waals surface area contributed by atoms with Crippen molar-refractivity contribution in [2.24, 2.45) is 0 Å². The summed E-state index contributed by atoms with van der Waals surface area (Å²) in [4.78, 5) is 48.2. The Labute approximate surface area is 212 Å². The molecule has 0 aliphatic carbocycles. The molecule has 11 heteroatoms. The largest absolute Gasteiger partial charge is 0.493 e. The second kappa shape index (κ2) is 11.7. The summed E-state index contributed by atoms with van der Waals surface area (Å²) in [5.41, 5.74) is 1.71. The molecule has 0 fully saturated rings. The van der Waals surface area contributed by atoms with Gasteiger partial charge in [-0.25, -0.2) is 4.79 Å². The molecule has 0 heterocycles. The number of methoxy groups -OCH3 is 2. The van der Waals surface area contributed by atoms with Crippen LogP contribution in [0.25, 0.3) is 0 Å². The summed E-state index contributed by atoms with van der Waals surface area (Å²) in [7, 11) is 2.90. The first kappa shape index (κ1) is 26.7. The van der Waals surface area contributed by atoms with Crippen molar-refractivity contribution in [2.45, 2.75) is 19.8 Å². The summed E-state index contributed by atoms with van der Waals surface area (Å²) in [6.45, 7) is 3.04. The van der Waals surface area contributed by atoms with E-state index >= 15 is 0 Å². The van der Waals surface area contributed by atoms with Crippen molar-refractivity contribution in [3.05, 3.63) is 81.9 Å². The zero-order valence-corrected chi connectivity index (χ0v) is 20.7. The minimum Gasteiger partial charge on any atom is -0.493 e. The Bertz CT molecular complexity index is 1340. The minimum atomic E-state index is -0.719. The fourth-order valence-corrected chi connectivity index (χ4v) is 3.60. The van der Waals surface area contributed by atoms with Gasteiger partial charge in [-0.3, -0.25) is 19.7 Å². The number of nitrogens with one attached hydrogen (secondary N) is 3. The van der Waals surface area contributed by atoms with E-state index in [0.717, 1.165) is 0 Å². The van der Waals surface area contributed by atoms with E-state index in [1.54, 1.807) is 31.2 Å². The van der Waals surface area contributed by atoms with E-state index in [0.29, 0.717) is 28.4 Å². The first-order valence-corrected chi connectivity index (χ1v) is 11.1. The molecule has 1 atom stereocenters. The van der Waals surface area contributed by atoms with Gasteiger partial charge in [-0.05, 0) is 43.7 Å². The van der Waals surface area contributed by atoms with E-state index in [1.165, 1.54) is 57.5 Å². The Kier molecular flexibility index (Phi) is 8.41. The van der Waals surface area contributed by atoms with E-state index in [1.807, 2.05) is 0 Å². The number of para-hydroxylation sites is 1. The number of nitro groups is 1. The molecule has 0 radical (unpaired) electrons. The lowest BCUT2D eigenvalue weighted by Gasteiger charge is -2.19. The second-order valence-corrected chi connectivity index (χ2v) is 7.99. The predicted octanol–water partition coefficient (Wildman–Crippen LogP) is 5.20. The molecule has 3 N–H and O–H groups in total. The first-order chi connectivity index (χ1) is 17.6. The molecule has 37 heavy (non-hydrogen) atoms. The SMILES string of the molecule is COc1cc(NC(=O)C(C)c2ccccc2NC(=O)Nc2ccc([N+](=O)[O-])cc2)c(C(C)=O)cc1OC. The van der Waals surface area contributed by atoms with Gasteiger partial charge in [-0.2, -0.15) is 0 Å². The van der Waals surface area contributed by atoms with E-state index in [9.17, 15) is 24.5 Å². The number of ketones is 1. The third-order valence-corrected chi connectivity index (χ3v) is 5.57. The highest BCUT2D eigenvalue weighted by molar-refractivity contribution is 6.06. The first-order valence-electron chi connectivity index (χ1n) is 11.1. The predicted molar refractivity (Wildman–Crippen MR) is 139 cm³/mol. The Morgan fingerprint density at radius 3 is 2.08 bits per heavy atom. The van der Waals surface area contributed by atoms with Crippen molar-refractivity contribution in [1.29, 1.82) is 0 Å². The highest BCUT2D eigenvalue weighted by Crippen LogP contribution is 2.34. The van der Waals surface area contributed by atoms with Crippen LogP contribution in [0.2, 0.25) is 0 Å². The molecule has 192 valence electrons. The topological polar surface area (TPSA) is 149 Å². The molecule has 0 aliphatic heterocycles. The van der Waals surface area contributed by atoms with Crippen molar-refractivity contribution in [3.63, 3.8) is 0 Å². The number of benzene rings is 3. The Morgan fingerprint density at radius 1 is 0.865 bits per heavy atom. The maximum absolute atomic E-state index is 13.2. The molecule has 0 saturated carbocycles. The van der Waals surface area contributed by atoms with E-state index in [2.05, 4.69) is 16.0 Å². The van der Waals surface area contributed by atoms with Crippen LogP contribution in [0, 0.1) is 10.1 Å². The van der Waals surface area contributed by atoms with Crippen molar-refractivity contribution in [3.8, 4) is 11.5 Å². The average molecular weight is 507 g/mol. The number of non-ortho nitro benzene ring substituents is 1. The van der Waals surface area contributed by atoms with Crippen molar-refractivity contribution < 1.29 is 28.8 Å². The molecule has 0 aromatic heterocycles. The summed E-state index contributed by atoms with van der Waals surface area (Å²) in [5, 5.41) is 18.9. The van der Waals surface area contributed by atoms with Crippen LogP contribution in [0.1, 0.15) is 35.7 Å². The number of hydrogen-bond donors (Lipinski definition) is 3. The molecule has 11 nitrogen and oxygen atoms in total. The molecule has 3 amide bonds. The Morgan fingerprint density at radius 2 is 1.49 bits per heavy atom. The highest BCUT2D eigenvalue weighted by Gasteiger charge is 2.22. The fraction of sp³-hybridized carbons (Fsp3) is 0.192. The standard InChI is InChI=1S/C26H26N4O7/c1-15(25(32)28-22-14-24(37-4)23(36-3)13-20(22)16(2)31)19-7-5-6-8-21(19)29-26(33)27-17-9-11-18(12-10-17)30(34)35/h5-15H,1-4H3,(H,28,32)(H2,27,29,33). The number of hydrogen-bond acceptors (Lipinski definition) is 7. The van der Waals surface area contributed by atoms with Crippen LogP contribution in [0.3, 0.4) is 0 Å². The Balaban J connectivity index is 1.79. The minimum absolute atomic E-state index is 0.0986. The molecule has 3 aromatic rings. The number of urea groups is 1. The maximum atomic E-state index is 13.2. The highest BCUT2D eigenvalue weighted by atomic mass is 16.6. The van der Waals surface area contributed by atoms with E-state index in [4.69, 9.17) is 9.47 Å². The van der Waals surface area contributed by atoms with E-state index in [-0.39, 0.29) is 22.7 Å². The zero-order valence-electron chi connectivity index (χ0n) is 20.7. The summed E-state index contributed by atoms with van der Waals surface area (Å²) in [6, 6.07) is 14.6. The lowest BCUT2D eigenvalue weighted by atomic mass is 9.97. The van der Waals surface area contributed by atoms with Gasteiger partial charge in [0, 0.05) is 35.1 Å². The van der Waals surface area contributed by atoms with Crippen LogP contribution in [-0.4, -0.2) is 36.9 Å². The molecule has 0 saturated heterocycles. The van der Waals surface area contributed by atoms with Gasteiger partial charge in [0.1, 0.15) is 0 Å². The van der Waals surface area contributed by atoms with Gasteiger partial charge in [0.2, 0.25) is 5.91 Å². The van der Waals surface area contributed by atoms with Crippen molar-refractivity contribution >= 4 is 40.5 Å². The number of carbonyl (C=O) groups is 3. The molecule has 1 unspecified atom stereocenters. The lowest BCUT2D eigenvalue weighted by molar-refractivity contribution is -0.384. The summed E-state index contributed by atoms with van der Waals surface area (Å²) < 4.78 is 10.5. The molecule has 3 rings (SSSR count). The molecule has 0 bridgehead atoms. The number of nitro benzene ring substituents is 1. The molecular formula is C26H26N4O7. The molecule has 0 aliphatic rings.